The van der Waals surface area contributed by atoms with Crippen LogP contribution in [0.15, 0.2) is 72.3 Å². The minimum absolute atomic E-state index is 0.0405. The molecule has 3 rings (SSSR count). The van der Waals surface area contributed by atoms with Gasteiger partial charge in [-0.25, -0.2) is 13.2 Å². The SMILES string of the molecule is CC.CC/C(C)=C\C=C(/C)c1ccc(-c2ccc(-c3ccc(C)cc3)c(F)c2)c(F)c1F. The van der Waals surface area contributed by atoms with Gasteiger partial charge in [-0.1, -0.05) is 92.6 Å². The average Bonchev–Trinajstić information content (AvgIpc) is 2.81. The Labute approximate surface area is 190 Å². The summed E-state index contributed by atoms with van der Waals surface area (Å²) in [5, 5.41) is 0. The van der Waals surface area contributed by atoms with Gasteiger partial charge in [0, 0.05) is 16.7 Å². The summed E-state index contributed by atoms with van der Waals surface area (Å²) < 4.78 is 44.3. The molecule has 0 heterocycles. The Kier molecular flexibility index (Phi) is 9.07. The van der Waals surface area contributed by atoms with Crippen molar-refractivity contribution in [2.75, 3.05) is 0 Å². The maximum Gasteiger partial charge on any atom is 0.167 e. The van der Waals surface area contributed by atoms with E-state index in [9.17, 15) is 13.2 Å². The van der Waals surface area contributed by atoms with E-state index in [-0.39, 0.29) is 11.1 Å². The molecule has 0 aliphatic carbocycles. The lowest BCUT2D eigenvalue weighted by Crippen LogP contribution is -1.96. The van der Waals surface area contributed by atoms with Gasteiger partial charge in [-0.05, 0) is 50.0 Å². The zero-order valence-corrected chi connectivity index (χ0v) is 19.7. The summed E-state index contributed by atoms with van der Waals surface area (Å²) >= 11 is 0. The van der Waals surface area contributed by atoms with Gasteiger partial charge >= 0.3 is 0 Å². The number of benzene rings is 3. The molecule has 0 aliphatic heterocycles. The number of hydrogen-bond acceptors (Lipinski definition) is 0. The number of allylic oxidation sites excluding steroid dienone is 4. The van der Waals surface area contributed by atoms with Crippen molar-refractivity contribution in [1.29, 1.82) is 0 Å². The minimum Gasteiger partial charge on any atom is -0.206 e. The third kappa shape index (κ3) is 5.79. The van der Waals surface area contributed by atoms with Crippen molar-refractivity contribution in [3.05, 3.63) is 101 Å². The fourth-order valence-electron chi connectivity index (χ4n) is 3.20. The molecule has 3 heteroatoms. The number of rotatable bonds is 5. The fourth-order valence-corrected chi connectivity index (χ4v) is 3.20. The first-order valence-corrected chi connectivity index (χ1v) is 11.0. The van der Waals surface area contributed by atoms with Crippen molar-refractivity contribution in [2.24, 2.45) is 0 Å². The summed E-state index contributed by atoms with van der Waals surface area (Å²) in [5.74, 6) is -2.37. The van der Waals surface area contributed by atoms with Crippen molar-refractivity contribution in [3.8, 4) is 22.3 Å². The molecule has 0 atom stereocenters. The molecular formula is C29H31F3. The van der Waals surface area contributed by atoms with E-state index in [1.165, 1.54) is 12.1 Å². The standard InChI is InChI=1S/C27H25F3.C2H6/c1-5-17(2)6-9-19(4)22-14-15-24(27(30)26(22)29)21-12-13-23(25(28)16-21)20-10-7-18(3)8-11-20;1-2/h6-16H,5H2,1-4H3;1-2H3/b17-6-,19-9+;. The highest BCUT2D eigenvalue weighted by molar-refractivity contribution is 5.74. The van der Waals surface area contributed by atoms with E-state index < -0.39 is 17.5 Å². The second-order valence-corrected chi connectivity index (χ2v) is 7.57. The normalized spacial score (nSPS) is 11.8. The summed E-state index contributed by atoms with van der Waals surface area (Å²) in [7, 11) is 0. The van der Waals surface area contributed by atoms with E-state index in [4.69, 9.17) is 0 Å². The summed E-state index contributed by atoms with van der Waals surface area (Å²) in [4.78, 5) is 0. The highest BCUT2D eigenvalue weighted by Gasteiger charge is 2.17. The van der Waals surface area contributed by atoms with Crippen molar-refractivity contribution in [2.45, 2.75) is 48.0 Å². The van der Waals surface area contributed by atoms with E-state index in [1.54, 1.807) is 31.2 Å². The van der Waals surface area contributed by atoms with Gasteiger partial charge in [-0.3, -0.25) is 0 Å². The van der Waals surface area contributed by atoms with E-state index in [0.717, 1.165) is 23.1 Å². The smallest absolute Gasteiger partial charge is 0.167 e. The van der Waals surface area contributed by atoms with Crippen LogP contribution in [0.2, 0.25) is 0 Å². The molecule has 0 fully saturated rings. The molecule has 0 saturated carbocycles. The van der Waals surface area contributed by atoms with Gasteiger partial charge in [0.1, 0.15) is 5.82 Å². The van der Waals surface area contributed by atoms with Gasteiger partial charge in [0.15, 0.2) is 11.6 Å². The van der Waals surface area contributed by atoms with Crippen LogP contribution in [0.3, 0.4) is 0 Å². The van der Waals surface area contributed by atoms with Gasteiger partial charge in [-0.2, -0.15) is 0 Å². The molecule has 0 unspecified atom stereocenters. The molecule has 0 aliphatic rings. The van der Waals surface area contributed by atoms with Crippen LogP contribution in [0.1, 0.15) is 52.2 Å². The van der Waals surface area contributed by atoms with Gasteiger partial charge in [0.2, 0.25) is 0 Å². The summed E-state index contributed by atoms with van der Waals surface area (Å²) in [6.07, 6.45) is 4.58. The quantitative estimate of drug-likeness (QED) is 0.349. The zero-order chi connectivity index (χ0) is 23.8. The Morgan fingerprint density at radius 1 is 0.750 bits per heavy atom. The van der Waals surface area contributed by atoms with Crippen molar-refractivity contribution < 1.29 is 13.2 Å². The molecule has 0 nitrogen and oxygen atoms in total. The number of hydrogen-bond donors (Lipinski definition) is 0. The molecule has 0 saturated heterocycles. The predicted molar refractivity (Wildman–Crippen MR) is 131 cm³/mol. The number of aryl methyl sites for hydroxylation is 1. The van der Waals surface area contributed by atoms with Gasteiger partial charge in [0.05, 0.1) is 0 Å². The Morgan fingerprint density at radius 2 is 1.34 bits per heavy atom. The largest absolute Gasteiger partial charge is 0.206 e. The molecule has 0 amide bonds. The Balaban J connectivity index is 0.00000176. The summed E-state index contributed by atoms with van der Waals surface area (Å²) in [6, 6.07) is 15.0. The van der Waals surface area contributed by atoms with Crippen molar-refractivity contribution in [3.63, 3.8) is 0 Å². The molecular weight excluding hydrogens is 405 g/mol. The van der Waals surface area contributed by atoms with E-state index >= 15 is 0 Å². The Hall–Kier alpha value is -3.07. The second-order valence-electron chi connectivity index (χ2n) is 7.57. The maximum atomic E-state index is 14.8. The minimum atomic E-state index is -0.973. The molecule has 0 N–H and O–H groups in total. The Morgan fingerprint density at radius 3 is 1.94 bits per heavy atom. The highest BCUT2D eigenvalue weighted by atomic mass is 19.2. The number of halogens is 3. The van der Waals surface area contributed by atoms with E-state index in [1.807, 2.05) is 65.0 Å². The topological polar surface area (TPSA) is 0 Å². The zero-order valence-electron chi connectivity index (χ0n) is 19.7. The molecule has 3 aromatic rings. The molecule has 0 radical (unpaired) electrons. The molecule has 3 aromatic carbocycles. The van der Waals surface area contributed by atoms with Crippen LogP contribution in [0, 0.1) is 24.4 Å². The van der Waals surface area contributed by atoms with Crippen LogP contribution in [-0.4, -0.2) is 0 Å². The summed E-state index contributed by atoms with van der Waals surface area (Å²) in [5.41, 5.74) is 4.57. The van der Waals surface area contributed by atoms with E-state index in [0.29, 0.717) is 16.7 Å². The average molecular weight is 437 g/mol. The first-order valence-electron chi connectivity index (χ1n) is 11.0. The van der Waals surface area contributed by atoms with Crippen LogP contribution >= 0.6 is 0 Å². The van der Waals surface area contributed by atoms with Crippen LogP contribution in [0.5, 0.6) is 0 Å². The van der Waals surface area contributed by atoms with Crippen molar-refractivity contribution >= 4 is 5.57 Å². The lowest BCUT2D eigenvalue weighted by molar-refractivity contribution is 0.509. The van der Waals surface area contributed by atoms with Crippen LogP contribution in [0.4, 0.5) is 13.2 Å². The lowest BCUT2D eigenvalue weighted by atomic mass is 9.96. The van der Waals surface area contributed by atoms with Crippen LogP contribution in [-0.2, 0) is 0 Å². The van der Waals surface area contributed by atoms with Gasteiger partial charge in [-0.15, -0.1) is 0 Å². The van der Waals surface area contributed by atoms with Crippen molar-refractivity contribution in [1.82, 2.24) is 0 Å². The molecule has 0 spiro atoms. The second kappa shape index (κ2) is 11.5. The third-order valence-corrected chi connectivity index (χ3v) is 5.33. The summed E-state index contributed by atoms with van der Waals surface area (Å²) in [6.45, 7) is 11.7. The van der Waals surface area contributed by atoms with Crippen LogP contribution in [0.25, 0.3) is 27.8 Å². The predicted octanol–water partition coefficient (Wildman–Crippen LogP) is 9.53. The van der Waals surface area contributed by atoms with Gasteiger partial charge < -0.3 is 0 Å². The first kappa shape index (κ1) is 25.2. The fraction of sp³-hybridized carbons (Fsp3) is 0.241. The molecule has 0 aromatic heterocycles. The molecule has 168 valence electrons. The monoisotopic (exact) mass is 436 g/mol. The first-order chi connectivity index (χ1) is 15.3. The third-order valence-electron chi connectivity index (χ3n) is 5.33. The van der Waals surface area contributed by atoms with Gasteiger partial charge in [0.25, 0.3) is 0 Å². The van der Waals surface area contributed by atoms with Crippen LogP contribution < -0.4 is 0 Å². The lowest BCUT2D eigenvalue weighted by Gasteiger charge is -2.11. The molecule has 0 bridgehead atoms. The van der Waals surface area contributed by atoms with E-state index in [2.05, 4.69) is 0 Å². The Bertz CT molecular complexity index is 1120. The molecule has 32 heavy (non-hydrogen) atoms. The maximum absolute atomic E-state index is 14.8. The highest BCUT2D eigenvalue weighted by Crippen LogP contribution is 2.32.